The number of hydrogen-bond donors (Lipinski definition) is 3. The molecule has 0 radical (unpaired) electrons. The van der Waals surface area contributed by atoms with Crippen LogP contribution in [0.15, 0.2) is 73.3 Å². The van der Waals surface area contributed by atoms with E-state index >= 15 is 0 Å². The second kappa shape index (κ2) is 9.77. The number of rotatable bonds is 7. The Labute approximate surface area is 186 Å². The van der Waals surface area contributed by atoms with Crippen LogP contribution < -0.4 is 10.4 Å². The summed E-state index contributed by atoms with van der Waals surface area (Å²) < 4.78 is 12.8. The summed E-state index contributed by atoms with van der Waals surface area (Å²) in [6.45, 7) is 10.3. The van der Waals surface area contributed by atoms with Gasteiger partial charge in [-0.3, -0.25) is 0 Å². The van der Waals surface area contributed by atoms with Crippen LogP contribution in [0.4, 0.5) is 0 Å². The lowest BCUT2D eigenvalue weighted by molar-refractivity contribution is -0.226. The summed E-state index contributed by atoms with van der Waals surface area (Å²) in [7, 11) is -2.80. The van der Waals surface area contributed by atoms with E-state index in [2.05, 4.69) is 51.6 Å². The van der Waals surface area contributed by atoms with Gasteiger partial charge in [-0.05, 0) is 21.8 Å². The third-order valence-corrected chi connectivity index (χ3v) is 11.1. The highest BCUT2D eigenvalue weighted by Gasteiger charge is 2.52. The highest BCUT2D eigenvalue weighted by molar-refractivity contribution is 6.99. The average Bonchev–Trinajstić information content (AvgIpc) is 2.76. The first-order valence-corrected chi connectivity index (χ1v) is 12.7. The Kier molecular flexibility index (Phi) is 7.52. The number of hydrogen-bond acceptors (Lipinski definition) is 5. The molecular weight excluding hydrogens is 408 g/mol. The fourth-order valence-corrected chi connectivity index (χ4v) is 9.06. The van der Waals surface area contributed by atoms with Crippen molar-refractivity contribution in [3.05, 3.63) is 73.3 Å². The summed E-state index contributed by atoms with van der Waals surface area (Å²) in [5.74, 6) is 0. The monoisotopic (exact) mass is 442 g/mol. The Morgan fingerprint density at radius 1 is 0.871 bits per heavy atom. The molecule has 1 aliphatic heterocycles. The van der Waals surface area contributed by atoms with Crippen molar-refractivity contribution in [1.29, 1.82) is 0 Å². The molecule has 5 nitrogen and oxygen atoms in total. The summed E-state index contributed by atoms with van der Waals surface area (Å²) in [6.07, 6.45) is -3.09. The number of aliphatic hydroxyl groups is 3. The van der Waals surface area contributed by atoms with Crippen molar-refractivity contribution < 1.29 is 24.5 Å². The van der Waals surface area contributed by atoms with Gasteiger partial charge in [-0.25, -0.2) is 0 Å². The van der Waals surface area contributed by atoms with E-state index in [0.29, 0.717) is 6.42 Å². The lowest BCUT2D eigenvalue weighted by Crippen LogP contribution is -2.68. The predicted octanol–water partition coefficient (Wildman–Crippen LogP) is 1.99. The first-order chi connectivity index (χ1) is 14.7. The van der Waals surface area contributed by atoms with Gasteiger partial charge in [-0.2, -0.15) is 0 Å². The molecule has 1 fully saturated rings. The molecule has 0 bridgehead atoms. The van der Waals surface area contributed by atoms with Crippen LogP contribution in [0.5, 0.6) is 0 Å². The normalized spacial score (nSPS) is 27.1. The van der Waals surface area contributed by atoms with Crippen LogP contribution in [-0.2, 0) is 9.16 Å². The van der Waals surface area contributed by atoms with Crippen molar-refractivity contribution in [2.24, 2.45) is 0 Å². The van der Waals surface area contributed by atoms with E-state index in [-0.39, 0.29) is 11.6 Å². The van der Waals surface area contributed by atoms with E-state index in [0.717, 1.165) is 10.4 Å². The maximum atomic E-state index is 10.6. The molecule has 0 unspecified atom stereocenters. The van der Waals surface area contributed by atoms with Gasteiger partial charge in [0, 0.05) is 0 Å². The van der Waals surface area contributed by atoms with Crippen LogP contribution in [0.25, 0.3) is 0 Å². The van der Waals surface area contributed by atoms with Crippen molar-refractivity contribution in [2.75, 3.05) is 6.61 Å². The van der Waals surface area contributed by atoms with Crippen LogP contribution in [0, 0.1) is 0 Å². The number of benzene rings is 2. The molecule has 0 amide bonds. The van der Waals surface area contributed by atoms with Gasteiger partial charge >= 0.3 is 0 Å². The van der Waals surface area contributed by atoms with Gasteiger partial charge in [0.1, 0.15) is 24.4 Å². The largest absolute Gasteiger partial charge is 0.405 e. The molecule has 6 heteroatoms. The van der Waals surface area contributed by atoms with Crippen LogP contribution >= 0.6 is 0 Å². The molecule has 31 heavy (non-hydrogen) atoms. The van der Waals surface area contributed by atoms with Crippen molar-refractivity contribution in [3.63, 3.8) is 0 Å². The van der Waals surface area contributed by atoms with Crippen molar-refractivity contribution in [2.45, 2.75) is 62.8 Å². The highest BCUT2D eigenvalue weighted by Crippen LogP contribution is 2.37. The Morgan fingerprint density at radius 3 is 1.81 bits per heavy atom. The van der Waals surface area contributed by atoms with Crippen molar-refractivity contribution >= 4 is 18.7 Å². The lowest BCUT2D eigenvalue weighted by Gasteiger charge is -2.46. The Hall–Kier alpha value is -1.80. The zero-order valence-electron chi connectivity index (χ0n) is 18.5. The first kappa shape index (κ1) is 23.9. The minimum absolute atomic E-state index is 0.103. The Bertz CT molecular complexity index is 796. The third kappa shape index (κ3) is 4.70. The van der Waals surface area contributed by atoms with E-state index in [4.69, 9.17) is 9.16 Å². The van der Waals surface area contributed by atoms with Gasteiger partial charge in [-0.15, -0.1) is 6.58 Å². The smallest absolute Gasteiger partial charge is 0.261 e. The molecule has 3 N–H and O–H groups in total. The summed E-state index contributed by atoms with van der Waals surface area (Å²) >= 11 is 0. The Morgan fingerprint density at radius 2 is 1.35 bits per heavy atom. The van der Waals surface area contributed by atoms with Crippen LogP contribution in [0.2, 0.25) is 5.04 Å². The van der Waals surface area contributed by atoms with E-state index < -0.39 is 38.8 Å². The van der Waals surface area contributed by atoms with Crippen molar-refractivity contribution in [3.8, 4) is 0 Å². The summed E-state index contributed by atoms with van der Waals surface area (Å²) in [6, 6.07) is 20.4. The average molecular weight is 443 g/mol. The predicted molar refractivity (Wildman–Crippen MR) is 125 cm³/mol. The maximum absolute atomic E-state index is 10.6. The molecule has 0 saturated carbocycles. The van der Waals surface area contributed by atoms with E-state index in [1.165, 1.54) is 0 Å². The summed E-state index contributed by atoms with van der Waals surface area (Å²) in [4.78, 5) is 0. The molecule has 1 aliphatic rings. The topological polar surface area (TPSA) is 79.2 Å². The molecule has 1 heterocycles. The third-order valence-electron chi connectivity index (χ3n) is 6.09. The highest BCUT2D eigenvalue weighted by atomic mass is 28.4. The zero-order chi connectivity index (χ0) is 22.6. The standard InChI is InChI=1S/C25H34O5Si/c1-5-12-20-22(26)24(28)23(27)21(30-20)17-29-31(25(2,3)4,18-13-8-6-9-14-18)19-15-10-7-11-16-19/h5-11,13-16,20-24,26-28H,1,12,17H2,2-4H3/t20-,21-,22+,23+,24-/m1/s1. The number of aliphatic hydroxyl groups excluding tert-OH is 3. The molecule has 5 atom stereocenters. The minimum atomic E-state index is -2.80. The minimum Gasteiger partial charge on any atom is -0.405 e. The molecular formula is C25H34O5Si. The second-order valence-corrected chi connectivity index (χ2v) is 13.5. The Balaban J connectivity index is 1.99. The van der Waals surface area contributed by atoms with Crippen LogP contribution in [0.1, 0.15) is 27.2 Å². The number of ether oxygens (including phenoxy) is 1. The molecule has 0 aliphatic carbocycles. The lowest BCUT2D eigenvalue weighted by atomic mass is 9.94. The molecule has 0 spiro atoms. The van der Waals surface area contributed by atoms with Gasteiger partial charge < -0.3 is 24.5 Å². The van der Waals surface area contributed by atoms with Gasteiger partial charge in [0.15, 0.2) is 0 Å². The van der Waals surface area contributed by atoms with E-state index in [1.54, 1.807) is 6.08 Å². The molecule has 1 saturated heterocycles. The summed E-state index contributed by atoms with van der Waals surface area (Å²) in [5, 5.41) is 33.3. The maximum Gasteiger partial charge on any atom is 0.261 e. The molecule has 0 aromatic heterocycles. The van der Waals surface area contributed by atoms with Crippen LogP contribution in [-0.4, -0.2) is 60.8 Å². The van der Waals surface area contributed by atoms with Gasteiger partial charge in [0.2, 0.25) is 0 Å². The van der Waals surface area contributed by atoms with Gasteiger partial charge in [0.05, 0.1) is 12.7 Å². The SMILES string of the molecule is C=CC[C@H]1O[C@H](CO[Si](c2ccccc2)(c2ccccc2)C(C)(C)C)[C@H](O)[C@H](O)[C@H]1O. The van der Waals surface area contributed by atoms with E-state index in [1.807, 2.05) is 36.4 Å². The second-order valence-electron chi connectivity index (χ2n) is 9.18. The zero-order valence-corrected chi connectivity index (χ0v) is 19.5. The molecule has 2 aromatic rings. The molecule has 2 aromatic carbocycles. The fourth-order valence-electron chi connectivity index (χ4n) is 4.49. The van der Waals surface area contributed by atoms with E-state index in [9.17, 15) is 15.3 Å². The van der Waals surface area contributed by atoms with Gasteiger partial charge in [0.25, 0.3) is 8.32 Å². The quantitative estimate of drug-likeness (QED) is 0.452. The molecule has 3 rings (SSSR count). The molecule has 168 valence electrons. The summed E-state index contributed by atoms with van der Waals surface area (Å²) in [5.41, 5.74) is 0. The van der Waals surface area contributed by atoms with Crippen molar-refractivity contribution in [1.82, 2.24) is 0 Å². The fraction of sp³-hybridized carbons (Fsp3) is 0.440. The first-order valence-electron chi connectivity index (χ1n) is 10.8. The van der Waals surface area contributed by atoms with Gasteiger partial charge in [-0.1, -0.05) is 87.5 Å². The van der Waals surface area contributed by atoms with Crippen LogP contribution in [0.3, 0.4) is 0 Å².